The van der Waals surface area contributed by atoms with Crippen molar-refractivity contribution >= 4 is 23.1 Å². The van der Waals surface area contributed by atoms with Crippen LogP contribution in [-0.4, -0.2) is 40.0 Å². The van der Waals surface area contributed by atoms with Crippen LogP contribution in [-0.2, 0) is 56.1 Å². The van der Waals surface area contributed by atoms with Crippen LogP contribution in [0.1, 0.15) is 0 Å². The van der Waals surface area contributed by atoms with Crippen molar-refractivity contribution in [3.05, 3.63) is 37.6 Å². The van der Waals surface area contributed by atoms with Gasteiger partial charge in [0.1, 0.15) is 0 Å². The molecule has 0 spiro atoms. The van der Waals surface area contributed by atoms with E-state index in [-0.39, 0.29) is 43.3 Å². The van der Waals surface area contributed by atoms with E-state index < -0.39 is 11.5 Å². The van der Waals surface area contributed by atoms with Crippen LogP contribution in [0.4, 0.5) is 9.59 Å². The number of carbonyl (C=O) groups is 2. The molecule has 0 unspecified atom stereocenters. The van der Waals surface area contributed by atoms with Gasteiger partial charge in [0.15, 0.2) is 0 Å². The summed E-state index contributed by atoms with van der Waals surface area (Å²) in [5.74, 6) is 0. The molecule has 11 heteroatoms. The van der Waals surface area contributed by atoms with Crippen LogP contribution in [0.15, 0.2) is 12.5 Å². The minimum absolute atomic E-state index is 0. The van der Waals surface area contributed by atoms with Crippen LogP contribution in [0.25, 0.3) is 11.9 Å². The molecule has 0 aromatic heterocycles. The average Bonchev–Trinajstić information content (AvgIpc) is 2.39. The van der Waals surface area contributed by atoms with Gasteiger partial charge < -0.3 is 44.0 Å². The monoisotopic (exact) mass is 400 g/mol. The molecule has 122 valence electrons. The number of nitrogens with one attached hydrogen (secondary N) is 1. The molecular formula is C10H19ClN2O6V2. The number of rotatable bonds is 2. The van der Waals surface area contributed by atoms with Gasteiger partial charge in [-0.3, -0.25) is 4.79 Å². The van der Waals surface area contributed by atoms with E-state index in [1.807, 2.05) is 0 Å². The van der Waals surface area contributed by atoms with E-state index in [1.165, 1.54) is 21.3 Å². The Bertz CT molecular complexity index is 202. The summed E-state index contributed by atoms with van der Waals surface area (Å²) in [4.78, 5) is 18.6. The largest absolute Gasteiger partial charge is 2.00 e. The quantitative estimate of drug-likeness (QED) is 0.395. The summed E-state index contributed by atoms with van der Waals surface area (Å²) in [7, 11) is 5.38. The van der Waals surface area contributed by atoms with E-state index in [2.05, 4.69) is 43.7 Å². The predicted octanol–water partition coefficient (Wildman–Crippen LogP) is 3.67. The zero-order valence-corrected chi connectivity index (χ0v) is 15.7. The molecule has 0 aromatic rings. The van der Waals surface area contributed by atoms with Crippen molar-refractivity contribution < 1.29 is 65.6 Å². The topological polar surface area (TPSA) is 128 Å². The summed E-state index contributed by atoms with van der Waals surface area (Å²) < 4.78 is 16.0. The van der Waals surface area contributed by atoms with E-state index in [0.717, 1.165) is 19.6 Å². The third-order valence-electron chi connectivity index (χ3n) is 0.618. The maximum atomic E-state index is 9.36. The van der Waals surface area contributed by atoms with Crippen molar-refractivity contribution in [1.29, 1.82) is 0 Å². The fourth-order valence-corrected chi connectivity index (χ4v) is 0. The molecule has 8 nitrogen and oxygen atoms in total. The summed E-state index contributed by atoms with van der Waals surface area (Å²) in [5.41, 5.74) is 5.19. The molecule has 0 heterocycles. The van der Waals surface area contributed by atoms with E-state index >= 15 is 0 Å². The van der Waals surface area contributed by atoms with E-state index in [1.54, 1.807) is 0 Å². The van der Waals surface area contributed by atoms with Crippen molar-refractivity contribution in [3.8, 4) is 0 Å². The zero-order chi connectivity index (χ0) is 15.4. The standard InChI is InChI=1S/2C3H5O.C2H3ClO2.C2H5NO2.H2N.2V/c2*1-3-4-2;2*1-5-2(3)4;;;/h2*1,3H,2H3;1H3;1H3,(H2,3,4);1H2;;/q2*-1;;;-1;2*+2/p-1. The fraction of sp³-hybridized carbons (Fsp3) is 0.400. The van der Waals surface area contributed by atoms with Gasteiger partial charge in [-0.25, -0.2) is 4.79 Å². The minimum atomic E-state index is -0.995. The normalized spacial score (nSPS) is 5.19. The Morgan fingerprint density at radius 1 is 0.952 bits per heavy atom. The zero-order valence-electron chi connectivity index (χ0n) is 12.1. The Morgan fingerprint density at radius 3 is 1.10 bits per heavy atom. The Hall–Kier alpha value is -0.761. The molecule has 3 N–H and O–H groups in total. The molecule has 2 radical (unpaired) electrons. The summed E-state index contributed by atoms with van der Waals surface area (Å²) in [6.07, 6.45) is 1.25. The SMILES string of the molecule is COC(=O)Cl.COC([NH-])=O.[CH-]=COC.[CH-]=COC.[NH2-].[V+2].[V+2]. The number of hydrogen-bond acceptors (Lipinski definition) is 6. The average molecular weight is 401 g/mol. The first-order chi connectivity index (χ1) is 8.37. The molecule has 0 aliphatic rings. The summed E-state index contributed by atoms with van der Waals surface area (Å²) >= 11 is 4.60. The van der Waals surface area contributed by atoms with Crippen LogP contribution >= 0.6 is 11.6 Å². The molecule has 1 amide bonds. The van der Waals surface area contributed by atoms with Gasteiger partial charge in [0.05, 0.1) is 28.4 Å². The number of halogens is 1. The smallest absolute Gasteiger partial charge is 0.693 e. The first-order valence-electron chi connectivity index (χ1n) is 4.03. The van der Waals surface area contributed by atoms with Gasteiger partial charge in [-0.15, -0.1) is 12.5 Å². The van der Waals surface area contributed by atoms with E-state index in [4.69, 9.17) is 5.73 Å². The molecule has 0 rings (SSSR count). The van der Waals surface area contributed by atoms with Gasteiger partial charge in [-0.1, -0.05) is 0 Å². The third kappa shape index (κ3) is 208. The number of nitrogens with two attached hydrogens (primary N) is 1. The second-order valence-corrected chi connectivity index (χ2v) is 1.99. The molecule has 0 aliphatic carbocycles. The molecular weight excluding hydrogens is 381 g/mol. The second-order valence-electron chi connectivity index (χ2n) is 1.68. The molecule has 0 aromatic carbocycles. The van der Waals surface area contributed by atoms with Crippen molar-refractivity contribution in [2.75, 3.05) is 28.4 Å². The van der Waals surface area contributed by atoms with Gasteiger partial charge in [0, 0.05) is 11.6 Å². The molecule has 0 bridgehead atoms. The van der Waals surface area contributed by atoms with E-state index in [9.17, 15) is 9.59 Å². The maximum absolute atomic E-state index is 9.36. The number of hydrogen-bond donors (Lipinski definition) is 0. The molecule has 21 heavy (non-hydrogen) atoms. The van der Waals surface area contributed by atoms with Crippen molar-refractivity contribution in [3.63, 3.8) is 0 Å². The molecule has 0 saturated heterocycles. The van der Waals surface area contributed by atoms with Crippen molar-refractivity contribution in [1.82, 2.24) is 0 Å². The molecule has 0 fully saturated rings. The molecule has 0 saturated carbocycles. The maximum Gasteiger partial charge on any atom is 2.00 e. The first kappa shape index (κ1) is 42.7. The van der Waals surface area contributed by atoms with Crippen LogP contribution in [0.5, 0.6) is 0 Å². The van der Waals surface area contributed by atoms with Gasteiger partial charge in [-0.05, 0) is 0 Å². The third-order valence-corrected chi connectivity index (χ3v) is 0.772. The summed E-state index contributed by atoms with van der Waals surface area (Å²) in [5, 5.41) is 0. The van der Waals surface area contributed by atoms with Crippen LogP contribution in [0, 0.1) is 13.2 Å². The Morgan fingerprint density at radius 2 is 1.10 bits per heavy atom. The van der Waals surface area contributed by atoms with Crippen LogP contribution < -0.4 is 0 Å². The summed E-state index contributed by atoms with van der Waals surface area (Å²) in [6.45, 7) is 9.36. The molecule has 0 atom stereocenters. The second kappa shape index (κ2) is 50.7. The minimum Gasteiger partial charge on any atom is -0.693 e. The van der Waals surface area contributed by atoms with Crippen LogP contribution in [0.2, 0.25) is 0 Å². The van der Waals surface area contributed by atoms with Gasteiger partial charge >= 0.3 is 42.5 Å². The van der Waals surface area contributed by atoms with Gasteiger partial charge in [-0.2, -0.15) is 0 Å². The van der Waals surface area contributed by atoms with Crippen molar-refractivity contribution in [2.45, 2.75) is 0 Å². The number of methoxy groups -OCH3 is 4. The predicted molar refractivity (Wildman–Crippen MR) is 72.0 cm³/mol. The van der Waals surface area contributed by atoms with Crippen molar-refractivity contribution in [2.24, 2.45) is 0 Å². The Labute approximate surface area is 154 Å². The van der Waals surface area contributed by atoms with Crippen LogP contribution in [0.3, 0.4) is 0 Å². The Balaban J connectivity index is -0.0000000239. The first-order valence-corrected chi connectivity index (χ1v) is 4.40. The fourth-order valence-electron chi connectivity index (χ4n) is 0. The number of carbonyl (C=O) groups excluding carboxylic acids is 2. The van der Waals surface area contributed by atoms with E-state index in [0.29, 0.717) is 0 Å². The van der Waals surface area contributed by atoms with Gasteiger partial charge in [0.25, 0.3) is 0 Å². The Kier molecular flexibility index (Phi) is 103. The number of amides is 1. The van der Waals surface area contributed by atoms with Gasteiger partial charge in [0.2, 0.25) is 6.09 Å². The number of ether oxygens (including phenoxy) is 4. The molecule has 0 aliphatic heterocycles. The summed E-state index contributed by atoms with van der Waals surface area (Å²) in [6, 6.07) is 0.